The molecule has 0 saturated heterocycles. The van der Waals surface area contributed by atoms with Crippen LogP contribution in [0.3, 0.4) is 0 Å². The number of carbonyl (C=O) groups is 2. The second kappa shape index (κ2) is 13.2. The average molecular weight is 539 g/mol. The summed E-state index contributed by atoms with van der Waals surface area (Å²) in [5.41, 5.74) is -0.727. The van der Waals surface area contributed by atoms with Crippen LogP contribution in [0.1, 0.15) is 20.7 Å². The molecule has 0 aliphatic heterocycles. The number of benzene rings is 2. The van der Waals surface area contributed by atoms with Crippen molar-refractivity contribution in [3.63, 3.8) is 0 Å². The Kier molecular flexibility index (Phi) is 13.3. The molecule has 0 spiro atoms. The maximum Gasteiger partial charge on any atom is 1.00 e. The van der Waals surface area contributed by atoms with Gasteiger partial charge in [0.1, 0.15) is 13.2 Å². The van der Waals surface area contributed by atoms with Gasteiger partial charge in [-0.3, -0.25) is 9.11 Å². The van der Waals surface area contributed by atoms with Gasteiger partial charge >= 0.3 is 115 Å². The van der Waals surface area contributed by atoms with E-state index in [2.05, 4.69) is 0 Å². The van der Waals surface area contributed by atoms with Crippen molar-refractivity contribution in [3.05, 3.63) is 47.5 Å². The van der Waals surface area contributed by atoms with E-state index in [0.717, 1.165) is 24.3 Å². The third kappa shape index (κ3) is 9.02. The summed E-state index contributed by atoms with van der Waals surface area (Å²) < 4.78 is 71.7. The van der Waals surface area contributed by atoms with Gasteiger partial charge in [0, 0.05) is 0 Å². The van der Waals surface area contributed by atoms with Crippen LogP contribution in [0.15, 0.2) is 46.2 Å². The Hall–Kier alpha value is 0.0727. The number of hydrogen-bond donors (Lipinski definition) is 2. The molecule has 0 fully saturated rings. The zero-order valence-electron chi connectivity index (χ0n) is 16.7. The number of carbonyl (C=O) groups excluding carboxylic acids is 2. The van der Waals surface area contributed by atoms with E-state index in [4.69, 9.17) is 18.6 Å². The molecule has 0 bridgehead atoms. The first kappa shape index (κ1) is 32.1. The molecule has 12 nitrogen and oxygen atoms in total. The van der Waals surface area contributed by atoms with E-state index in [-0.39, 0.29) is 114 Å². The summed E-state index contributed by atoms with van der Waals surface area (Å²) in [6.45, 7) is -1.01. The van der Waals surface area contributed by atoms with E-state index in [1.165, 1.54) is 0 Å². The molecular weight excluding hydrogens is 526 g/mol. The van der Waals surface area contributed by atoms with E-state index in [9.17, 15) is 36.6 Å². The second-order valence-electron chi connectivity index (χ2n) is 5.54. The fourth-order valence-corrected chi connectivity index (χ4v) is 3.31. The first-order chi connectivity index (χ1) is 13.8. The number of ether oxygens (including phenoxy) is 2. The Bertz CT molecular complexity index is 1110. The number of rotatable bonds is 7. The predicted molar refractivity (Wildman–Crippen MR) is 92.0 cm³/mol. The molecule has 0 unspecified atom stereocenters. The van der Waals surface area contributed by atoms with Crippen LogP contribution in [0, 0.1) is 0 Å². The minimum Gasteiger partial charge on any atom is -0.872 e. The Morgan fingerprint density at radius 1 is 0.719 bits per heavy atom. The summed E-state index contributed by atoms with van der Waals surface area (Å²) in [4.78, 5) is 21.7. The van der Waals surface area contributed by atoms with Gasteiger partial charge in [-0.1, -0.05) is 23.6 Å². The topological polar surface area (TPSA) is 207 Å². The second-order valence-corrected chi connectivity index (χ2v) is 8.32. The molecule has 32 heavy (non-hydrogen) atoms. The van der Waals surface area contributed by atoms with Gasteiger partial charge in [0.2, 0.25) is 0 Å². The van der Waals surface area contributed by atoms with Gasteiger partial charge in [-0.2, -0.15) is 16.8 Å². The minimum atomic E-state index is -4.85. The Labute approximate surface area is 267 Å². The van der Waals surface area contributed by atoms with Crippen molar-refractivity contribution in [1.29, 1.82) is 0 Å². The van der Waals surface area contributed by atoms with Crippen LogP contribution in [0.4, 0.5) is 0 Å². The standard InChI is InChI=1S/C16H14O12S2.2K/c17-11-3-1-9(7-13(11)29(21,22)23)15(19)27-5-6-28-16(20)10-2-4-12(18)14(8-10)30(24,25)26;;/h1-4,7-8,17-18H,5-6H2,(H,21,22,23)(H,24,25,26);;/q;2*+1/p-2. The van der Waals surface area contributed by atoms with Gasteiger partial charge < -0.3 is 19.7 Å². The fraction of sp³-hybridized carbons (Fsp3) is 0.125. The maximum atomic E-state index is 11.9. The van der Waals surface area contributed by atoms with Crippen LogP contribution < -0.4 is 113 Å². The van der Waals surface area contributed by atoms with Crippen LogP contribution in [0.25, 0.3) is 0 Å². The summed E-state index contributed by atoms with van der Waals surface area (Å²) in [6, 6.07) is 4.65. The SMILES string of the molecule is O=C(OCCOC(=O)c1ccc([O-])c(S(=O)(=O)O)c1)c1ccc([O-])c(S(=O)(=O)O)c1.[K+].[K+]. The summed E-state index contributed by atoms with van der Waals surface area (Å²) in [7, 11) is -9.69. The zero-order valence-corrected chi connectivity index (χ0v) is 24.6. The average Bonchev–Trinajstić information content (AvgIpc) is 2.63. The molecule has 2 N–H and O–H groups in total. The molecule has 16 heteroatoms. The van der Waals surface area contributed by atoms with Crippen molar-refractivity contribution in [2.75, 3.05) is 13.2 Å². The van der Waals surface area contributed by atoms with Crippen molar-refractivity contribution in [1.82, 2.24) is 0 Å². The first-order valence-corrected chi connectivity index (χ1v) is 10.6. The molecule has 0 atom stereocenters. The van der Waals surface area contributed by atoms with E-state index in [1.54, 1.807) is 0 Å². The Balaban J connectivity index is 0.00000480. The van der Waals surface area contributed by atoms with Gasteiger partial charge in [0.05, 0.1) is 20.9 Å². The predicted octanol–water partition coefficient (Wildman–Crippen LogP) is -6.65. The smallest absolute Gasteiger partial charge is 0.872 e. The van der Waals surface area contributed by atoms with Gasteiger partial charge in [0.25, 0.3) is 20.2 Å². The summed E-state index contributed by atoms with van der Waals surface area (Å²) in [5.74, 6) is -4.23. The van der Waals surface area contributed by atoms with Crippen LogP contribution >= 0.6 is 0 Å². The molecule has 2 aromatic rings. The van der Waals surface area contributed by atoms with Gasteiger partial charge in [-0.15, -0.1) is 0 Å². The van der Waals surface area contributed by atoms with Crippen LogP contribution in [-0.4, -0.2) is 51.1 Å². The van der Waals surface area contributed by atoms with E-state index in [1.807, 2.05) is 0 Å². The van der Waals surface area contributed by atoms with Crippen molar-refractivity contribution >= 4 is 32.2 Å². The molecule has 0 heterocycles. The van der Waals surface area contributed by atoms with E-state index >= 15 is 0 Å². The molecule has 162 valence electrons. The largest absolute Gasteiger partial charge is 1.00 e. The summed E-state index contributed by atoms with van der Waals surface area (Å²) in [5, 5.41) is 22.8. The summed E-state index contributed by atoms with van der Waals surface area (Å²) in [6.07, 6.45) is 0. The fourth-order valence-electron chi connectivity index (χ4n) is 2.11. The van der Waals surface area contributed by atoms with Crippen molar-refractivity contribution in [3.8, 4) is 11.5 Å². The molecule has 0 aliphatic carbocycles. The molecule has 0 amide bonds. The van der Waals surface area contributed by atoms with Crippen molar-refractivity contribution in [2.45, 2.75) is 9.79 Å². The normalized spacial score (nSPS) is 10.9. The van der Waals surface area contributed by atoms with Crippen LogP contribution in [0.2, 0.25) is 0 Å². The van der Waals surface area contributed by atoms with Crippen LogP contribution in [0.5, 0.6) is 11.5 Å². The molecular formula is C16H12K2O12S2. The van der Waals surface area contributed by atoms with Crippen molar-refractivity contribution in [2.24, 2.45) is 0 Å². The Morgan fingerprint density at radius 2 is 1.03 bits per heavy atom. The summed E-state index contributed by atoms with van der Waals surface area (Å²) >= 11 is 0. The van der Waals surface area contributed by atoms with Gasteiger partial charge in [0.15, 0.2) is 0 Å². The molecule has 2 aromatic carbocycles. The van der Waals surface area contributed by atoms with E-state index < -0.39 is 66.7 Å². The monoisotopic (exact) mass is 538 g/mol. The Morgan fingerprint density at radius 3 is 1.31 bits per heavy atom. The minimum absolute atomic E-state index is 0. The maximum absolute atomic E-state index is 11.9. The van der Waals surface area contributed by atoms with E-state index in [0.29, 0.717) is 12.1 Å². The zero-order chi connectivity index (χ0) is 22.7. The van der Waals surface area contributed by atoms with Crippen molar-refractivity contribution < 1.29 is 158 Å². The number of hydrogen-bond acceptors (Lipinski definition) is 10. The van der Waals surface area contributed by atoms with Gasteiger partial charge in [-0.05, 0) is 24.3 Å². The third-order valence-corrected chi connectivity index (χ3v) is 5.21. The number of esters is 2. The molecule has 0 saturated carbocycles. The molecule has 0 radical (unpaired) electrons. The van der Waals surface area contributed by atoms with Crippen LogP contribution in [-0.2, 0) is 29.7 Å². The molecule has 0 aliphatic rings. The first-order valence-electron chi connectivity index (χ1n) is 7.72. The quantitative estimate of drug-likeness (QED) is 0.146. The molecule has 2 rings (SSSR count). The van der Waals surface area contributed by atoms with Gasteiger partial charge in [-0.25, -0.2) is 9.59 Å². The third-order valence-electron chi connectivity index (χ3n) is 3.46. The molecule has 0 aromatic heterocycles.